The van der Waals surface area contributed by atoms with Gasteiger partial charge in [-0.05, 0) is 30.7 Å². The number of hydrogen-bond donors (Lipinski definition) is 2. The van der Waals surface area contributed by atoms with Crippen molar-refractivity contribution in [3.05, 3.63) is 46.5 Å². The fraction of sp³-hybridized carbons (Fsp3) is 0.333. The third kappa shape index (κ3) is 3.63. The van der Waals surface area contributed by atoms with Crippen molar-refractivity contribution in [2.75, 3.05) is 19.5 Å². The van der Waals surface area contributed by atoms with Crippen molar-refractivity contribution in [2.45, 2.75) is 19.6 Å². The monoisotopic (exact) mass is 304 g/mol. The van der Waals surface area contributed by atoms with Gasteiger partial charge in [0.15, 0.2) is 0 Å². The number of hydrogen-bond acceptors (Lipinski definition) is 6. The van der Waals surface area contributed by atoms with E-state index >= 15 is 0 Å². The summed E-state index contributed by atoms with van der Waals surface area (Å²) >= 11 is 0. The maximum absolute atomic E-state index is 12.3. The fourth-order valence-corrected chi connectivity index (χ4v) is 2.01. The molecule has 118 valence electrons. The van der Waals surface area contributed by atoms with Crippen LogP contribution in [0.15, 0.2) is 35.4 Å². The number of ether oxygens (including phenoxy) is 2. The van der Waals surface area contributed by atoms with E-state index < -0.39 is 0 Å². The molecule has 1 atom stereocenters. The van der Waals surface area contributed by atoms with E-state index in [0.717, 1.165) is 5.56 Å². The summed E-state index contributed by atoms with van der Waals surface area (Å²) in [4.78, 5) is 16.4. The number of pyridine rings is 2. The molecule has 0 radical (unpaired) electrons. The number of nitrogens with two attached hydrogens (primary N) is 2. The van der Waals surface area contributed by atoms with Crippen LogP contribution in [0.2, 0.25) is 0 Å². The van der Waals surface area contributed by atoms with Crippen LogP contribution in [0.1, 0.15) is 12.5 Å². The van der Waals surface area contributed by atoms with Gasteiger partial charge in [-0.25, -0.2) is 4.98 Å². The molecule has 7 nitrogen and oxygen atoms in total. The van der Waals surface area contributed by atoms with E-state index in [1.54, 1.807) is 30.6 Å². The van der Waals surface area contributed by atoms with Crippen molar-refractivity contribution < 1.29 is 9.47 Å². The van der Waals surface area contributed by atoms with Gasteiger partial charge in [0.1, 0.15) is 5.69 Å². The van der Waals surface area contributed by atoms with Crippen LogP contribution in [-0.2, 0) is 11.3 Å². The number of aromatic nitrogens is 2. The zero-order chi connectivity index (χ0) is 16.1. The molecule has 22 heavy (non-hydrogen) atoms. The molecule has 0 aliphatic rings. The highest BCUT2D eigenvalue weighted by molar-refractivity contribution is 5.47. The lowest BCUT2D eigenvalue weighted by Gasteiger charge is -2.13. The molecule has 0 spiro atoms. The van der Waals surface area contributed by atoms with Crippen molar-refractivity contribution in [1.29, 1.82) is 0 Å². The number of methoxy groups -OCH3 is 1. The predicted molar refractivity (Wildman–Crippen MR) is 84.1 cm³/mol. The Bertz CT molecular complexity index is 697. The van der Waals surface area contributed by atoms with Crippen molar-refractivity contribution in [3.8, 4) is 11.6 Å². The molecule has 0 unspecified atom stereocenters. The molecule has 0 aromatic carbocycles. The minimum absolute atomic E-state index is 0.0540. The smallest absolute Gasteiger partial charge is 0.278 e. The standard InChI is InChI=1S/C15H20N4O3/c1-10(16)8-22-9-11-6-12(17)15(20)19(7-11)13-4-3-5-18-14(13)21-2/h3-7,10H,8-9,16-17H2,1-2H3/t10-/m1/s1. The van der Waals surface area contributed by atoms with Gasteiger partial charge in [-0.1, -0.05) is 0 Å². The average molecular weight is 304 g/mol. The van der Waals surface area contributed by atoms with Crippen LogP contribution in [0.4, 0.5) is 5.69 Å². The van der Waals surface area contributed by atoms with Crippen LogP contribution in [-0.4, -0.2) is 29.3 Å². The van der Waals surface area contributed by atoms with Crippen molar-refractivity contribution in [3.63, 3.8) is 0 Å². The highest BCUT2D eigenvalue weighted by atomic mass is 16.5. The van der Waals surface area contributed by atoms with Crippen LogP contribution < -0.4 is 21.8 Å². The van der Waals surface area contributed by atoms with E-state index in [2.05, 4.69) is 4.98 Å². The maximum Gasteiger partial charge on any atom is 0.278 e. The Morgan fingerprint density at radius 3 is 2.91 bits per heavy atom. The summed E-state index contributed by atoms with van der Waals surface area (Å²) in [6.07, 6.45) is 3.26. The van der Waals surface area contributed by atoms with Gasteiger partial charge in [-0.15, -0.1) is 0 Å². The summed E-state index contributed by atoms with van der Waals surface area (Å²) in [7, 11) is 1.50. The number of rotatable bonds is 6. The van der Waals surface area contributed by atoms with Gasteiger partial charge < -0.3 is 20.9 Å². The first-order valence-corrected chi connectivity index (χ1v) is 6.86. The van der Waals surface area contributed by atoms with E-state index in [1.807, 2.05) is 6.92 Å². The molecule has 0 aliphatic carbocycles. The second-order valence-electron chi connectivity index (χ2n) is 5.00. The van der Waals surface area contributed by atoms with E-state index in [0.29, 0.717) is 24.8 Å². The fourth-order valence-electron chi connectivity index (χ4n) is 2.01. The first-order valence-electron chi connectivity index (χ1n) is 6.86. The first-order chi connectivity index (χ1) is 10.5. The minimum Gasteiger partial charge on any atom is -0.480 e. The predicted octanol–water partition coefficient (Wildman–Crippen LogP) is 0.687. The van der Waals surface area contributed by atoms with Gasteiger partial charge in [0.2, 0.25) is 5.88 Å². The molecule has 2 heterocycles. The Morgan fingerprint density at radius 2 is 2.23 bits per heavy atom. The Hall–Kier alpha value is -2.38. The summed E-state index contributed by atoms with van der Waals surface area (Å²) in [6, 6.07) is 5.00. The third-order valence-corrected chi connectivity index (χ3v) is 2.95. The summed E-state index contributed by atoms with van der Waals surface area (Å²) in [5, 5.41) is 0. The second kappa shape index (κ2) is 7.06. The highest BCUT2D eigenvalue weighted by Gasteiger charge is 2.11. The SMILES string of the molecule is COc1ncccc1-n1cc(COC[C@@H](C)N)cc(N)c1=O. The lowest BCUT2D eigenvalue weighted by Crippen LogP contribution is -2.24. The lowest BCUT2D eigenvalue weighted by atomic mass is 10.2. The molecule has 2 aromatic heterocycles. The molecule has 2 aromatic rings. The van der Waals surface area contributed by atoms with E-state index in [1.165, 1.54) is 11.7 Å². The Morgan fingerprint density at radius 1 is 1.45 bits per heavy atom. The third-order valence-electron chi connectivity index (χ3n) is 2.95. The lowest BCUT2D eigenvalue weighted by molar-refractivity contribution is 0.111. The van der Waals surface area contributed by atoms with Crippen molar-refractivity contribution in [1.82, 2.24) is 9.55 Å². The summed E-state index contributed by atoms with van der Waals surface area (Å²) < 4.78 is 12.1. The molecular weight excluding hydrogens is 284 g/mol. The summed E-state index contributed by atoms with van der Waals surface area (Å²) in [5.74, 6) is 0.345. The van der Waals surface area contributed by atoms with Crippen LogP contribution in [0.25, 0.3) is 5.69 Å². The first kappa shape index (κ1) is 16.0. The minimum atomic E-state index is -0.331. The molecule has 2 rings (SSSR count). The topological polar surface area (TPSA) is 105 Å². The van der Waals surface area contributed by atoms with E-state index in [4.69, 9.17) is 20.9 Å². The van der Waals surface area contributed by atoms with Gasteiger partial charge in [-0.2, -0.15) is 0 Å². The molecule has 4 N–H and O–H groups in total. The van der Waals surface area contributed by atoms with Gasteiger partial charge in [-0.3, -0.25) is 9.36 Å². The zero-order valence-corrected chi connectivity index (χ0v) is 12.7. The molecule has 0 aliphatic heterocycles. The highest BCUT2D eigenvalue weighted by Crippen LogP contribution is 2.18. The van der Waals surface area contributed by atoms with Crippen LogP contribution in [0.3, 0.4) is 0 Å². The number of nitrogen functional groups attached to an aromatic ring is 1. The maximum atomic E-state index is 12.3. The Labute approximate surface area is 128 Å². The van der Waals surface area contributed by atoms with Crippen molar-refractivity contribution >= 4 is 5.69 Å². The quantitative estimate of drug-likeness (QED) is 0.813. The van der Waals surface area contributed by atoms with Crippen LogP contribution in [0, 0.1) is 0 Å². The summed E-state index contributed by atoms with van der Waals surface area (Å²) in [6.45, 7) is 2.60. The van der Waals surface area contributed by atoms with Gasteiger partial charge in [0.05, 0.1) is 26.0 Å². The van der Waals surface area contributed by atoms with Crippen LogP contribution in [0.5, 0.6) is 5.88 Å². The molecule has 0 bridgehead atoms. The molecule has 7 heteroatoms. The van der Waals surface area contributed by atoms with Crippen LogP contribution >= 0.6 is 0 Å². The molecular formula is C15H20N4O3. The Kier molecular flexibility index (Phi) is 5.13. The van der Waals surface area contributed by atoms with E-state index in [9.17, 15) is 4.79 Å². The number of anilines is 1. The molecule has 0 fully saturated rings. The molecule has 0 saturated heterocycles. The molecule has 0 amide bonds. The van der Waals surface area contributed by atoms with Gasteiger partial charge >= 0.3 is 0 Å². The zero-order valence-electron chi connectivity index (χ0n) is 12.7. The largest absolute Gasteiger partial charge is 0.480 e. The Balaban J connectivity index is 2.39. The van der Waals surface area contributed by atoms with Crippen molar-refractivity contribution in [2.24, 2.45) is 5.73 Å². The van der Waals surface area contributed by atoms with Gasteiger partial charge in [0.25, 0.3) is 5.56 Å². The summed E-state index contributed by atoms with van der Waals surface area (Å²) in [5.41, 5.74) is 12.5. The number of nitrogens with zero attached hydrogens (tertiary/aromatic N) is 2. The second-order valence-corrected chi connectivity index (χ2v) is 5.00. The van der Waals surface area contributed by atoms with Gasteiger partial charge in [0, 0.05) is 18.4 Å². The average Bonchev–Trinajstić information content (AvgIpc) is 2.50. The van der Waals surface area contributed by atoms with E-state index in [-0.39, 0.29) is 17.3 Å². The molecule has 0 saturated carbocycles. The normalized spacial score (nSPS) is 12.1.